The van der Waals surface area contributed by atoms with Crippen LogP contribution in [-0.2, 0) is 0 Å². The molecule has 0 atom stereocenters. The fraction of sp³-hybridized carbons (Fsp3) is 0.400. The van der Waals surface area contributed by atoms with E-state index in [0.717, 1.165) is 26.2 Å². The molecule has 100 valence electrons. The minimum Gasteiger partial charge on any atom is -0.421 e. The molecule has 0 saturated carbocycles. The lowest BCUT2D eigenvalue weighted by molar-refractivity contribution is -0.384. The number of hydrogen-bond acceptors (Lipinski definition) is 7. The molecule has 1 aliphatic rings. The third kappa shape index (κ3) is 2.20. The molecule has 0 aromatic carbocycles. The highest BCUT2D eigenvalue weighted by Crippen LogP contribution is 2.29. The first-order chi connectivity index (χ1) is 9.15. The van der Waals surface area contributed by atoms with Crippen LogP contribution in [0.1, 0.15) is 0 Å². The first-order valence-electron chi connectivity index (χ1n) is 5.72. The van der Waals surface area contributed by atoms with Crippen molar-refractivity contribution in [1.29, 1.82) is 0 Å². The Kier molecular flexibility index (Phi) is 2.96. The van der Waals surface area contributed by atoms with Gasteiger partial charge in [0.15, 0.2) is 5.58 Å². The monoisotopic (exact) mass is 283 g/mol. The molecule has 1 N–H and O–H groups in total. The average molecular weight is 284 g/mol. The summed E-state index contributed by atoms with van der Waals surface area (Å²) in [5.41, 5.74) is 0.269. The summed E-state index contributed by atoms with van der Waals surface area (Å²) in [5, 5.41) is 13.8. The maximum absolute atomic E-state index is 10.8. The van der Waals surface area contributed by atoms with Gasteiger partial charge in [0.1, 0.15) is 0 Å². The average Bonchev–Trinajstić information content (AvgIpc) is 2.81. The summed E-state index contributed by atoms with van der Waals surface area (Å²) < 4.78 is 5.51. The zero-order valence-corrected chi connectivity index (χ0v) is 10.6. The van der Waals surface area contributed by atoms with Crippen LogP contribution in [0, 0.1) is 10.1 Å². The number of rotatable bonds is 2. The Labute approximate surface area is 112 Å². The van der Waals surface area contributed by atoms with Crippen molar-refractivity contribution in [2.75, 3.05) is 31.1 Å². The molecule has 0 unspecified atom stereocenters. The SMILES string of the molecule is O=[N+]([O-])c1cc2oc(N3CCNCC3)nc2nc1Cl. The fourth-order valence-corrected chi connectivity index (χ4v) is 2.14. The Morgan fingerprint density at radius 3 is 2.84 bits per heavy atom. The molecule has 0 spiro atoms. The van der Waals surface area contributed by atoms with Crippen LogP contribution in [0.25, 0.3) is 11.2 Å². The maximum atomic E-state index is 10.8. The first-order valence-corrected chi connectivity index (χ1v) is 6.10. The maximum Gasteiger partial charge on any atom is 0.310 e. The molecule has 2 aromatic heterocycles. The van der Waals surface area contributed by atoms with E-state index >= 15 is 0 Å². The molecule has 0 amide bonds. The third-order valence-electron chi connectivity index (χ3n) is 2.89. The van der Waals surface area contributed by atoms with Gasteiger partial charge in [0, 0.05) is 26.2 Å². The molecule has 0 aliphatic carbocycles. The highest BCUT2D eigenvalue weighted by atomic mass is 35.5. The number of piperazine rings is 1. The van der Waals surface area contributed by atoms with Crippen molar-refractivity contribution >= 4 is 34.5 Å². The molecule has 3 rings (SSSR count). The topological polar surface area (TPSA) is 97.3 Å². The van der Waals surface area contributed by atoms with Crippen LogP contribution in [-0.4, -0.2) is 41.1 Å². The van der Waals surface area contributed by atoms with Gasteiger partial charge in [0.2, 0.25) is 10.8 Å². The van der Waals surface area contributed by atoms with Gasteiger partial charge in [-0.2, -0.15) is 4.98 Å². The van der Waals surface area contributed by atoms with Gasteiger partial charge in [0.05, 0.1) is 11.0 Å². The lowest BCUT2D eigenvalue weighted by Gasteiger charge is -2.25. The predicted octanol–water partition coefficient (Wildman–Crippen LogP) is 1.19. The van der Waals surface area contributed by atoms with Gasteiger partial charge in [-0.25, -0.2) is 4.98 Å². The summed E-state index contributed by atoms with van der Waals surface area (Å²) in [5.74, 6) is 0. The number of hydrogen-bond donors (Lipinski definition) is 1. The molecule has 8 nitrogen and oxygen atoms in total. The number of aromatic nitrogens is 2. The van der Waals surface area contributed by atoms with E-state index in [9.17, 15) is 10.1 Å². The van der Waals surface area contributed by atoms with E-state index in [1.165, 1.54) is 6.07 Å². The highest BCUT2D eigenvalue weighted by Gasteiger charge is 2.21. The predicted molar refractivity (Wildman–Crippen MR) is 68.6 cm³/mol. The van der Waals surface area contributed by atoms with Crippen molar-refractivity contribution in [2.45, 2.75) is 0 Å². The van der Waals surface area contributed by atoms with E-state index in [-0.39, 0.29) is 22.1 Å². The second kappa shape index (κ2) is 4.63. The minimum atomic E-state index is -0.595. The Bertz CT molecular complexity index is 637. The van der Waals surface area contributed by atoms with Gasteiger partial charge < -0.3 is 14.6 Å². The highest BCUT2D eigenvalue weighted by molar-refractivity contribution is 6.31. The molecular weight excluding hydrogens is 274 g/mol. The third-order valence-corrected chi connectivity index (χ3v) is 3.17. The van der Waals surface area contributed by atoms with Crippen LogP contribution < -0.4 is 10.2 Å². The van der Waals surface area contributed by atoms with E-state index in [0.29, 0.717) is 6.01 Å². The fourth-order valence-electron chi connectivity index (χ4n) is 1.94. The van der Waals surface area contributed by atoms with Crippen LogP contribution in [0.15, 0.2) is 10.5 Å². The number of nitro groups is 1. The van der Waals surface area contributed by atoms with Crippen molar-refractivity contribution in [2.24, 2.45) is 0 Å². The Hall–Kier alpha value is -1.93. The summed E-state index contributed by atoms with van der Waals surface area (Å²) in [6.45, 7) is 3.21. The number of halogens is 1. The smallest absolute Gasteiger partial charge is 0.310 e. The Morgan fingerprint density at radius 1 is 1.42 bits per heavy atom. The number of oxazole rings is 1. The number of nitrogens with one attached hydrogen (secondary N) is 1. The van der Waals surface area contributed by atoms with Gasteiger partial charge >= 0.3 is 5.69 Å². The van der Waals surface area contributed by atoms with Gasteiger partial charge in [-0.3, -0.25) is 10.1 Å². The molecule has 0 radical (unpaired) electrons. The van der Waals surface area contributed by atoms with Crippen molar-refractivity contribution in [3.63, 3.8) is 0 Å². The summed E-state index contributed by atoms with van der Waals surface area (Å²) in [4.78, 5) is 20.2. The van der Waals surface area contributed by atoms with Crippen molar-refractivity contribution in [3.8, 4) is 0 Å². The molecule has 1 aliphatic heterocycles. The second-order valence-electron chi connectivity index (χ2n) is 4.11. The molecule has 1 fully saturated rings. The normalized spacial score (nSPS) is 15.9. The van der Waals surface area contributed by atoms with Crippen LogP contribution in [0.5, 0.6) is 0 Å². The Morgan fingerprint density at radius 2 is 2.16 bits per heavy atom. The Balaban J connectivity index is 2.02. The lowest BCUT2D eigenvalue weighted by Crippen LogP contribution is -2.43. The number of pyridine rings is 1. The zero-order chi connectivity index (χ0) is 13.4. The quantitative estimate of drug-likeness (QED) is 0.502. The summed E-state index contributed by atoms with van der Waals surface area (Å²) in [6.07, 6.45) is 0. The molecule has 9 heteroatoms. The van der Waals surface area contributed by atoms with Gasteiger partial charge in [-0.05, 0) is 0 Å². The van der Waals surface area contributed by atoms with E-state index < -0.39 is 4.92 Å². The van der Waals surface area contributed by atoms with Crippen LogP contribution >= 0.6 is 11.6 Å². The molecule has 19 heavy (non-hydrogen) atoms. The van der Waals surface area contributed by atoms with Crippen molar-refractivity contribution in [1.82, 2.24) is 15.3 Å². The number of fused-ring (bicyclic) bond motifs is 1. The second-order valence-corrected chi connectivity index (χ2v) is 4.47. The van der Waals surface area contributed by atoms with Gasteiger partial charge in [0.25, 0.3) is 6.01 Å². The number of anilines is 1. The van der Waals surface area contributed by atoms with E-state index in [1.54, 1.807) is 0 Å². The lowest BCUT2D eigenvalue weighted by atomic mass is 10.4. The summed E-state index contributed by atoms with van der Waals surface area (Å²) in [6, 6.07) is 1.67. The number of nitrogens with zero attached hydrogens (tertiary/aromatic N) is 4. The molecule has 3 heterocycles. The summed E-state index contributed by atoms with van der Waals surface area (Å²) in [7, 11) is 0. The van der Waals surface area contributed by atoms with Crippen molar-refractivity contribution in [3.05, 3.63) is 21.3 Å². The van der Waals surface area contributed by atoms with E-state index in [1.807, 2.05) is 4.90 Å². The molecule has 2 aromatic rings. The van der Waals surface area contributed by atoms with E-state index in [4.69, 9.17) is 16.0 Å². The van der Waals surface area contributed by atoms with E-state index in [2.05, 4.69) is 15.3 Å². The summed E-state index contributed by atoms with van der Waals surface area (Å²) >= 11 is 5.74. The van der Waals surface area contributed by atoms with Gasteiger partial charge in [-0.15, -0.1) is 0 Å². The van der Waals surface area contributed by atoms with Crippen LogP contribution in [0.2, 0.25) is 5.15 Å². The molecular formula is C10H10ClN5O3. The first kappa shape index (κ1) is 12.1. The largest absolute Gasteiger partial charge is 0.421 e. The van der Waals surface area contributed by atoms with Crippen molar-refractivity contribution < 1.29 is 9.34 Å². The molecule has 1 saturated heterocycles. The van der Waals surface area contributed by atoms with Crippen LogP contribution in [0.3, 0.4) is 0 Å². The minimum absolute atomic E-state index is 0.183. The van der Waals surface area contributed by atoms with Crippen LogP contribution in [0.4, 0.5) is 11.7 Å². The van der Waals surface area contributed by atoms with Gasteiger partial charge in [-0.1, -0.05) is 11.6 Å². The molecule has 0 bridgehead atoms. The zero-order valence-electron chi connectivity index (χ0n) is 9.80. The standard InChI is InChI=1S/C10H10ClN5O3/c11-8-6(16(17)18)5-7-9(13-8)14-10(19-7)15-3-1-12-2-4-15/h5,12H,1-4H2.